The van der Waals surface area contributed by atoms with E-state index in [2.05, 4.69) is 48.0 Å². The lowest BCUT2D eigenvalue weighted by atomic mass is 10.1. The van der Waals surface area contributed by atoms with Crippen LogP contribution in [0.2, 0.25) is 0 Å². The van der Waals surface area contributed by atoms with Crippen molar-refractivity contribution in [3.8, 4) is 11.5 Å². The third kappa shape index (κ3) is 3.54. The zero-order valence-corrected chi connectivity index (χ0v) is 13.7. The standard InChI is InChI=1S/C17H19BrO2/c1-12-4-5-15(8-13(12)2)11-20-16-7-6-14(10-18)9-17(16)19-3/h4-9H,10-11H2,1-3H3. The molecule has 0 bridgehead atoms. The van der Waals surface area contributed by atoms with Gasteiger partial charge in [0.2, 0.25) is 0 Å². The van der Waals surface area contributed by atoms with E-state index in [0.29, 0.717) is 6.61 Å². The SMILES string of the molecule is COc1cc(CBr)ccc1OCc1ccc(C)c(C)c1. The minimum atomic E-state index is 0.547. The van der Waals surface area contributed by atoms with E-state index >= 15 is 0 Å². The molecular weight excluding hydrogens is 316 g/mol. The van der Waals surface area contributed by atoms with Gasteiger partial charge in [0.05, 0.1) is 7.11 Å². The smallest absolute Gasteiger partial charge is 0.161 e. The summed E-state index contributed by atoms with van der Waals surface area (Å²) in [4.78, 5) is 0. The molecule has 2 aromatic rings. The van der Waals surface area contributed by atoms with Crippen molar-refractivity contribution in [1.29, 1.82) is 0 Å². The predicted octanol–water partition coefficient (Wildman–Crippen LogP) is 4.79. The van der Waals surface area contributed by atoms with Crippen molar-refractivity contribution < 1.29 is 9.47 Å². The number of alkyl halides is 1. The highest BCUT2D eigenvalue weighted by Crippen LogP contribution is 2.29. The summed E-state index contributed by atoms with van der Waals surface area (Å²) in [6, 6.07) is 12.4. The average molecular weight is 335 g/mol. The number of halogens is 1. The second kappa shape index (κ2) is 6.80. The van der Waals surface area contributed by atoms with Crippen molar-refractivity contribution in [3.63, 3.8) is 0 Å². The van der Waals surface area contributed by atoms with Gasteiger partial charge in [-0.25, -0.2) is 0 Å². The molecule has 0 N–H and O–H groups in total. The number of hydrogen-bond acceptors (Lipinski definition) is 2. The van der Waals surface area contributed by atoms with E-state index in [9.17, 15) is 0 Å². The average Bonchev–Trinajstić information content (AvgIpc) is 2.48. The Kier molecular flexibility index (Phi) is 5.07. The Hall–Kier alpha value is -1.48. The van der Waals surface area contributed by atoms with Crippen LogP contribution in [0.25, 0.3) is 0 Å². The monoisotopic (exact) mass is 334 g/mol. The van der Waals surface area contributed by atoms with Crippen molar-refractivity contribution >= 4 is 15.9 Å². The number of benzene rings is 2. The van der Waals surface area contributed by atoms with E-state index in [0.717, 1.165) is 16.8 Å². The maximum absolute atomic E-state index is 5.87. The number of aryl methyl sites for hydroxylation is 2. The van der Waals surface area contributed by atoms with E-state index in [1.807, 2.05) is 18.2 Å². The van der Waals surface area contributed by atoms with Crippen molar-refractivity contribution in [2.24, 2.45) is 0 Å². The van der Waals surface area contributed by atoms with Gasteiger partial charge in [0.15, 0.2) is 11.5 Å². The summed E-state index contributed by atoms with van der Waals surface area (Å²) in [7, 11) is 1.66. The highest BCUT2D eigenvalue weighted by atomic mass is 79.9. The largest absolute Gasteiger partial charge is 0.493 e. The Bertz CT molecular complexity index is 594. The van der Waals surface area contributed by atoms with Gasteiger partial charge in [-0.1, -0.05) is 40.2 Å². The molecule has 2 nitrogen and oxygen atoms in total. The lowest BCUT2D eigenvalue weighted by molar-refractivity contribution is 0.284. The van der Waals surface area contributed by atoms with E-state index in [1.165, 1.54) is 22.3 Å². The summed E-state index contributed by atoms with van der Waals surface area (Å²) in [5.41, 5.74) is 4.92. The first-order valence-electron chi connectivity index (χ1n) is 6.56. The summed E-state index contributed by atoms with van der Waals surface area (Å²) in [6.45, 7) is 4.78. The van der Waals surface area contributed by atoms with E-state index in [4.69, 9.17) is 9.47 Å². The summed E-state index contributed by atoms with van der Waals surface area (Å²) < 4.78 is 11.2. The molecule has 2 aromatic carbocycles. The quantitative estimate of drug-likeness (QED) is 0.732. The molecular formula is C17H19BrO2. The Morgan fingerprint density at radius 3 is 2.30 bits per heavy atom. The van der Waals surface area contributed by atoms with Crippen LogP contribution in [-0.4, -0.2) is 7.11 Å². The minimum absolute atomic E-state index is 0.547. The molecule has 0 atom stereocenters. The highest BCUT2D eigenvalue weighted by Gasteiger charge is 2.06. The molecule has 2 rings (SSSR count). The minimum Gasteiger partial charge on any atom is -0.493 e. The number of rotatable bonds is 5. The van der Waals surface area contributed by atoms with Crippen LogP contribution in [0.4, 0.5) is 0 Å². The molecule has 0 aromatic heterocycles. The molecule has 0 aliphatic carbocycles. The normalized spacial score (nSPS) is 10.4. The fraction of sp³-hybridized carbons (Fsp3) is 0.294. The van der Waals surface area contributed by atoms with Crippen molar-refractivity contribution in [3.05, 3.63) is 58.7 Å². The zero-order chi connectivity index (χ0) is 14.5. The van der Waals surface area contributed by atoms with Crippen molar-refractivity contribution in [2.75, 3.05) is 7.11 Å². The van der Waals surface area contributed by atoms with Gasteiger partial charge in [0.25, 0.3) is 0 Å². The molecule has 0 spiro atoms. The first-order valence-corrected chi connectivity index (χ1v) is 7.68. The van der Waals surface area contributed by atoms with Crippen LogP contribution in [0.1, 0.15) is 22.3 Å². The summed E-state index contributed by atoms with van der Waals surface area (Å²) in [5.74, 6) is 1.54. The maximum atomic E-state index is 5.87. The van der Waals surface area contributed by atoms with Crippen LogP contribution in [0.3, 0.4) is 0 Å². The first-order chi connectivity index (χ1) is 9.63. The summed E-state index contributed by atoms with van der Waals surface area (Å²) in [5, 5.41) is 0.806. The van der Waals surface area contributed by atoms with Gasteiger partial charge in [0, 0.05) is 5.33 Å². The lowest BCUT2D eigenvalue weighted by Gasteiger charge is -2.12. The van der Waals surface area contributed by atoms with E-state index in [-0.39, 0.29) is 0 Å². The fourth-order valence-electron chi connectivity index (χ4n) is 1.97. The van der Waals surface area contributed by atoms with Crippen LogP contribution in [0.15, 0.2) is 36.4 Å². The molecule has 0 radical (unpaired) electrons. The maximum Gasteiger partial charge on any atom is 0.161 e. The van der Waals surface area contributed by atoms with Gasteiger partial charge in [-0.05, 0) is 48.2 Å². The molecule has 106 valence electrons. The van der Waals surface area contributed by atoms with Gasteiger partial charge >= 0.3 is 0 Å². The number of ether oxygens (including phenoxy) is 2. The molecule has 0 aliphatic heterocycles. The Morgan fingerprint density at radius 1 is 0.900 bits per heavy atom. The summed E-state index contributed by atoms with van der Waals surface area (Å²) in [6.07, 6.45) is 0. The van der Waals surface area contributed by atoms with Gasteiger partial charge in [-0.2, -0.15) is 0 Å². The molecule has 0 saturated carbocycles. The van der Waals surface area contributed by atoms with Gasteiger partial charge in [-0.3, -0.25) is 0 Å². The number of methoxy groups -OCH3 is 1. The molecule has 0 unspecified atom stereocenters. The lowest BCUT2D eigenvalue weighted by Crippen LogP contribution is -1.99. The van der Waals surface area contributed by atoms with E-state index in [1.54, 1.807) is 7.11 Å². The zero-order valence-electron chi connectivity index (χ0n) is 12.1. The Morgan fingerprint density at radius 2 is 1.65 bits per heavy atom. The molecule has 0 amide bonds. The molecule has 0 saturated heterocycles. The van der Waals surface area contributed by atoms with Crippen molar-refractivity contribution in [2.45, 2.75) is 25.8 Å². The Labute approximate surface area is 128 Å². The molecule has 0 fully saturated rings. The highest BCUT2D eigenvalue weighted by molar-refractivity contribution is 9.08. The fourth-order valence-corrected chi connectivity index (χ4v) is 2.32. The molecule has 0 aliphatic rings. The first kappa shape index (κ1) is 14.9. The Balaban J connectivity index is 2.12. The van der Waals surface area contributed by atoms with Gasteiger partial charge < -0.3 is 9.47 Å². The third-order valence-corrected chi connectivity index (χ3v) is 4.00. The molecule has 3 heteroatoms. The van der Waals surface area contributed by atoms with Crippen molar-refractivity contribution in [1.82, 2.24) is 0 Å². The molecule has 20 heavy (non-hydrogen) atoms. The summed E-state index contributed by atoms with van der Waals surface area (Å²) >= 11 is 3.44. The molecule has 0 heterocycles. The topological polar surface area (TPSA) is 18.5 Å². The predicted molar refractivity (Wildman–Crippen MR) is 85.9 cm³/mol. The third-order valence-electron chi connectivity index (χ3n) is 3.35. The van der Waals surface area contributed by atoms with Gasteiger partial charge in [-0.15, -0.1) is 0 Å². The van der Waals surface area contributed by atoms with Crippen LogP contribution < -0.4 is 9.47 Å². The number of hydrogen-bond donors (Lipinski definition) is 0. The van der Waals surface area contributed by atoms with Crippen LogP contribution in [0.5, 0.6) is 11.5 Å². The van der Waals surface area contributed by atoms with Crippen LogP contribution in [-0.2, 0) is 11.9 Å². The second-order valence-electron chi connectivity index (χ2n) is 4.83. The van der Waals surface area contributed by atoms with E-state index < -0.39 is 0 Å². The van der Waals surface area contributed by atoms with Gasteiger partial charge in [0.1, 0.15) is 6.61 Å². The van der Waals surface area contributed by atoms with Crippen LogP contribution >= 0.6 is 15.9 Å². The van der Waals surface area contributed by atoms with Crippen LogP contribution in [0, 0.1) is 13.8 Å². The second-order valence-corrected chi connectivity index (χ2v) is 5.39.